The van der Waals surface area contributed by atoms with Crippen molar-refractivity contribution in [2.45, 2.75) is 44.8 Å². The number of hydrogen-bond donors (Lipinski definition) is 1. The molecule has 1 heterocycles. The third-order valence-electron chi connectivity index (χ3n) is 4.54. The summed E-state index contributed by atoms with van der Waals surface area (Å²) < 4.78 is 0. The summed E-state index contributed by atoms with van der Waals surface area (Å²) in [6, 6.07) is 6.49. The molecule has 1 saturated carbocycles. The molecule has 0 amide bonds. The molecule has 98 valence electrons. The molecule has 3 heteroatoms. The van der Waals surface area contributed by atoms with Crippen LogP contribution in [0.25, 0.3) is 0 Å². The molecular weight excluding hydrogens is 246 g/mol. The van der Waals surface area contributed by atoms with Crippen molar-refractivity contribution in [1.82, 2.24) is 0 Å². The molecule has 18 heavy (non-hydrogen) atoms. The molecule has 0 spiro atoms. The van der Waals surface area contributed by atoms with E-state index in [0.29, 0.717) is 6.04 Å². The molecule has 2 unspecified atom stereocenters. The Morgan fingerprint density at radius 1 is 1.22 bits per heavy atom. The van der Waals surface area contributed by atoms with E-state index in [1.54, 1.807) is 0 Å². The molecule has 1 aliphatic heterocycles. The van der Waals surface area contributed by atoms with Crippen LogP contribution in [0, 0.1) is 5.92 Å². The quantitative estimate of drug-likeness (QED) is 0.883. The Morgan fingerprint density at radius 3 is 2.89 bits per heavy atom. The largest absolute Gasteiger partial charge is 0.392 e. The molecule has 3 rings (SSSR count). The Morgan fingerprint density at radius 2 is 2.06 bits per heavy atom. The molecule has 2 fully saturated rings. The number of nitrogens with zero attached hydrogens (tertiary/aromatic N) is 1. The van der Waals surface area contributed by atoms with E-state index in [-0.39, 0.29) is 6.61 Å². The Kier molecular flexibility index (Phi) is 3.49. The first kappa shape index (κ1) is 12.3. The number of anilines is 1. The number of aliphatic hydroxyl groups excluding tert-OH is 1. The predicted octanol–water partition coefficient (Wildman–Crippen LogP) is 3.60. The van der Waals surface area contributed by atoms with Gasteiger partial charge in [-0.25, -0.2) is 0 Å². The summed E-state index contributed by atoms with van der Waals surface area (Å²) in [5.74, 6) is 0.835. The van der Waals surface area contributed by atoms with E-state index in [9.17, 15) is 5.11 Å². The predicted molar refractivity (Wildman–Crippen MR) is 75.1 cm³/mol. The highest BCUT2D eigenvalue weighted by Crippen LogP contribution is 2.42. The number of rotatable bonds is 2. The van der Waals surface area contributed by atoms with Crippen molar-refractivity contribution in [3.63, 3.8) is 0 Å². The summed E-state index contributed by atoms with van der Waals surface area (Å²) in [6.45, 7) is 1.16. The summed E-state index contributed by atoms with van der Waals surface area (Å²) in [5.41, 5.74) is 2.05. The zero-order chi connectivity index (χ0) is 12.5. The number of benzene rings is 1. The monoisotopic (exact) mass is 265 g/mol. The molecule has 2 atom stereocenters. The van der Waals surface area contributed by atoms with Gasteiger partial charge in [0, 0.05) is 18.2 Å². The molecule has 2 nitrogen and oxygen atoms in total. The van der Waals surface area contributed by atoms with Gasteiger partial charge in [0.15, 0.2) is 0 Å². The van der Waals surface area contributed by atoms with Crippen LogP contribution in [-0.4, -0.2) is 17.7 Å². The third kappa shape index (κ3) is 2.02. The molecule has 0 radical (unpaired) electrons. The number of para-hydroxylation sites is 1. The molecular formula is C15H20ClNO. The van der Waals surface area contributed by atoms with Crippen molar-refractivity contribution in [3.05, 3.63) is 28.8 Å². The van der Waals surface area contributed by atoms with E-state index in [2.05, 4.69) is 4.90 Å². The highest BCUT2D eigenvalue weighted by atomic mass is 35.5. The maximum atomic E-state index is 9.51. The van der Waals surface area contributed by atoms with Gasteiger partial charge in [0.25, 0.3) is 0 Å². The second kappa shape index (κ2) is 5.10. The molecule has 0 bridgehead atoms. The van der Waals surface area contributed by atoms with Gasteiger partial charge < -0.3 is 10.0 Å². The van der Waals surface area contributed by atoms with E-state index >= 15 is 0 Å². The van der Waals surface area contributed by atoms with Gasteiger partial charge in [-0.05, 0) is 31.2 Å². The van der Waals surface area contributed by atoms with Gasteiger partial charge in [0.1, 0.15) is 0 Å². The first-order valence-corrected chi connectivity index (χ1v) is 7.34. The maximum Gasteiger partial charge on any atom is 0.0702 e. The minimum atomic E-state index is 0.0732. The second-order valence-corrected chi connectivity index (χ2v) is 5.91. The van der Waals surface area contributed by atoms with Gasteiger partial charge in [0.05, 0.1) is 17.3 Å². The molecule has 2 aliphatic rings. The van der Waals surface area contributed by atoms with Gasteiger partial charge in [-0.1, -0.05) is 36.6 Å². The smallest absolute Gasteiger partial charge is 0.0702 e. The van der Waals surface area contributed by atoms with Crippen LogP contribution in [0.1, 0.15) is 37.7 Å². The zero-order valence-electron chi connectivity index (χ0n) is 10.6. The topological polar surface area (TPSA) is 23.5 Å². The van der Waals surface area contributed by atoms with Gasteiger partial charge in [-0.3, -0.25) is 0 Å². The normalized spacial score (nSPS) is 27.3. The highest BCUT2D eigenvalue weighted by Gasteiger charge is 2.37. The molecule has 1 N–H and O–H groups in total. The van der Waals surface area contributed by atoms with Crippen molar-refractivity contribution in [2.75, 3.05) is 11.4 Å². The molecule has 1 aliphatic carbocycles. The second-order valence-electron chi connectivity index (χ2n) is 5.50. The number of aliphatic hydroxyl groups is 1. The Bertz CT molecular complexity index is 435. The van der Waals surface area contributed by atoms with Gasteiger partial charge >= 0.3 is 0 Å². The average molecular weight is 266 g/mol. The van der Waals surface area contributed by atoms with Crippen molar-refractivity contribution in [3.8, 4) is 0 Å². The van der Waals surface area contributed by atoms with Crippen LogP contribution in [-0.2, 0) is 6.61 Å². The van der Waals surface area contributed by atoms with E-state index in [1.807, 2.05) is 18.2 Å². The summed E-state index contributed by atoms with van der Waals surface area (Å²) in [7, 11) is 0. The Labute approximate surface area is 114 Å². The molecule has 0 aromatic heterocycles. The van der Waals surface area contributed by atoms with E-state index < -0.39 is 0 Å². The lowest BCUT2D eigenvalue weighted by Crippen LogP contribution is -2.35. The SMILES string of the molecule is OCc1cccc(Cl)c1N1CCC2CCCCC21. The fourth-order valence-corrected chi connectivity index (χ4v) is 4.00. The van der Waals surface area contributed by atoms with Crippen molar-refractivity contribution >= 4 is 17.3 Å². The summed E-state index contributed by atoms with van der Waals surface area (Å²) >= 11 is 6.37. The van der Waals surface area contributed by atoms with E-state index in [4.69, 9.17) is 11.6 Å². The Hall–Kier alpha value is -0.730. The maximum absolute atomic E-state index is 9.51. The summed E-state index contributed by atoms with van der Waals surface area (Å²) in [6.07, 6.45) is 6.63. The van der Waals surface area contributed by atoms with Crippen LogP contribution in [0.3, 0.4) is 0 Å². The first-order chi connectivity index (χ1) is 8.81. The number of fused-ring (bicyclic) bond motifs is 1. The average Bonchev–Trinajstić information content (AvgIpc) is 2.82. The van der Waals surface area contributed by atoms with Gasteiger partial charge in [0.2, 0.25) is 0 Å². The minimum Gasteiger partial charge on any atom is -0.392 e. The van der Waals surface area contributed by atoms with Crippen LogP contribution >= 0.6 is 11.6 Å². The fourth-order valence-electron chi connectivity index (χ4n) is 3.69. The molecule has 1 saturated heterocycles. The molecule has 1 aromatic carbocycles. The first-order valence-electron chi connectivity index (χ1n) is 6.96. The Balaban J connectivity index is 1.95. The van der Waals surface area contributed by atoms with Gasteiger partial charge in [-0.15, -0.1) is 0 Å². The van der Waals surface area contributed by atoms with Crippen LogP contribution in [0.4, 0.5) is 5.69 Å². The van der Waals surface area contributed by atoms with E-state index in [0.717, 1.165) is 28.7 Å². The lowest BCUT2D eigenvalue weighted by atomic mass is 9.85. The zero-order valence-corrected chi connectivity index (χ0v) is 11.4. The highest BCUT2D eigenvalue weighted by molar-refractivity contribution is 6.33. The van der Waals surface area contributed by atoms with Crippen LogP contribution in [0.5, 0.6) is 0 Å². The lowest BCUT2D eigenvalue weighted by molar-refractivity contribution is 0.281. The fraction of sp³-hybridized carbons (Fsp3) is 0.600. The lowest BCUT2D eigenvalue weighted by Gasteiger charge is -2.34. The molecule has 1 aromatic rings. The summed E-state index contributed by atoms with van der Waals surface area (Å²) in [5, 5.41) is 10.3. The number of halogens is 1. The standard InChI is InChI=1S/C15H20ClNO/c16-13-6-3-5-12(10-18)15(13)17-9-8-11-4-1-2-7-14(11)17/h3,5-6,11,14,18H,1-2,4,7-10H2. The van der Waals surface area contributed by atoms with Crippen LogP contribution < -0.4 is 4.90 Å². The van der Waals surface area contributed by atoms with Crippen LogP contribution in [0.2, 0.25) is 5.02 Å². The van der Waals surface area contributed by atoms with Crippen molar-refractivity contribution < 1.29 is 5.11 Å². The minimum absolute atomic E-state index is 0.0732. The van der Waals surface area contributed by atoms with E-state index in [1.165, 1.54) is 32.1 Å². The van der Waals surface area contributed by atoms with Crippen molar-refractivity contribution in [1.29, 1.82) is 0 Å². The number of hydrogen-bond acceptors (Lipinski definition) is 2. The van der Waals surface area contributed by atoms with Gasteiger partial charge in [-0.2, -0.15) is 0 Å². The third-order valence-corrected chi connectivity index (χ3v) is 4.84. The summed E-state index contributed by atoms with van der Waals surface area (Å²) in [4.78, 5) is 2.46. The van der Waals surface area contributed by atoms with Crippen LogP contribution in [0.15, 0.2) is 18.2 Å². The van der Waals surface area contributed by atoms with Crippen molar-refractivity contribution in [2.24, 2.45) is 5.92 Å².